The van der Waals surface area contributed by atoms with Gasteiger partial charge in [0.15, 0.2) is 0 Å². The van der Waals surface area contributed by atoms with E-state index < -0.39 is 9.84 Å². The van der Waals surface area contributed by atoms with Gasteiger partial charge in [0.1, 0.15) is 11.0 Å². The Balaban J connectivity index is 2.00. The Bertz CT molecular complexity index is 1060. The first-order valence-corrected chi connectivity index (χ1v) is 11.0. The SMILES string of the molecule is CCCCN1CC=C(C=C(C#N)S(=O)(=O)c2ccc(Cl)cc2)c2ccccc21. The Morgan fingerprint density at radius 1 is 1.21 bits per heavy atom. The molecule has 4 nitrogen and oxygen atoms in total. The Morgan fingerprint density at radius 3 is 2.61 bits per heavy atom. The zero-order valence-corrected chi connectivity index (χ0v) is 17.2. The monoisotopic (exact) mass is 412 g/mol. The molecule has 0 unspecified atom stereocenters. The van der Waals surface area contributed by atoms with Gasteiger partial charge in [-0.2, -0.15) is 5.26 Å². The third kappa shape index (κ3) is 4.14. The predicted molar refractivity (Wildman–Crippen MR) is 114 cm³/mol. The van der Waals surface area contributed by atoms with Gasteiger partial charge in [0.2, 0.25) is 9.84 Å². The van der Waals surface area contributed by atoms with Crippen molar-refractivity contribution < 1.29 is 8.42 Å². The third-order valence-electron chi connectivity index (χ3n) is 4.68. The molecule has 0 N–H and O–H groups in total. The number of fused-ring (bicyclic) bond motifs is 1. The summed E-state index contributed by atoms with van der Waals surface area (Å²) < 4.78 is 25.8. The normalized spacial score (nSPS) is 14.2. The second kappa shape index (κ2) is 8.64. The Hall–Kier alpha value is -2.55. The van der Waals surface area contributed by atoms with E-state index in [-0.39, 0.29) is 9.80 Å². The number of unbranched alkanes of at least 4 members (excludes halogenated alkanes) is 1. The van der Waals surface area contributed by atoms with E-state index >= 15 is 0 Å². The maximum Gasteiger partial charge on any atom is 0.216 e. The van der Waals surface area contributed by atoms with Crippen LogP contribution >= 0.6 is 11.6 Å². The van der Waals surface area contributed by atoms with Gasteiger partial charge in [0.25, 0.3) is 0 Å². The van der Waals surface area contributed by atoms with Gasteiger partial charge in [-0.05, 0) is 48.4 Å². The van der Waals surface area contributed by atoms with Crippen molar-refractivity contribution >= 4 is 32.7 Å². The molecule has 0 radical (unpaired) electrons. The van der Waals surface area contributed by atoms with Crippen LogP contribution in [0.4, 0.5) is 5.69 Å². The van der Waals surface area contributed by atoms with Gasteiger partial charge in [-0.1, -0.05) is 49.2 Å². The van der Waals surface area contributed by atoms with Gasteiger partial charge >= 0.3 is 0 Å². The highest BCUT2D eigenvalue weighted by Gasteiger charge is 2.23. The summed E-state index contributed by atoms with van der Waals surface area (Å²) in [4.78, 5) is 2.05. The van der Waals surface area contributed by atoms with E-state index in [1.54, 1.807) is 0 Å². The molecule has 2 aromatic carbocycles. The van der Waals surface area contributed by atoms with Crippen molar-refractivity contribution in [3.63, 3.8) is 0 Å². The highest BCUT2D eigenvalue weighted by Crippen LogP contribution is 2.34. The summed E-state index contributed by atoms with van der Waals surface area (Å²) >= 11 is 5.85. The summed E-state index contributed by atoms with van der Waals surface area (Å²) in [5.74, 6) is 0. The molecule has 2 aromatic rings. The number of anilines is 1. The van der Waals surface area contributed by atoms with Crippen LogP contribution in [0.2, 0.25) is 5.02 Å². The van der Waals surface area contributed by atoms with Gasteiger partial charge in [0, 0.05) is 29.4 Å². The molecule has 0 fully saturated rings. The zero-order chi connectivity index (χ0) is 20.1. The number of nitriles is 1. The molecular weight excluding hydrogens is 392 g/mol. The van der Waals surface area contributed by atoms with Gasteiger partial charge in [-0.25, -0.2) is 8.42 Å². The van der Waals surface area contributed by atoms with Crippen molar-refractivity contribution in [2.45, 2.75) is 24.7 Å². The average Bonchev–Trinajstić information content (AvgIpc) is 2.71. The molecule has 0 saturated carbocycles. The molecule has 0 atom stereocenters. The summed E-state index contributed by atoms with van der Waals surface area (Å²) in [7, 11) is -3.91. The Morgan fingerprint density at radius 2 is 1.93 bits per heavy atom. The number of hydrogen-bond donors (Lipinski definition) is 0. The quantitative estimate of drug-likeness (QED) is 0.610. The molecule has 0 saturated heterocycles. The number of para-hydroxylation sites is 1. The number of nitrogens with zero attached hydrogens (tertiary/aromatic N) is 2. The van der Waals surface area contributed by atoms with Crippen molar-refractivity contribution in [2.75, 3.05) is 18.0 Å². The van der Waals surface area contributed by atoms with Gasteiger partial charge in [0.05, 0.1) is 4.90 Å². The minimum atomic E-state index is -3.91. The third-order valence-corrected chi connectivity index (χ3v) is 6.61. The lowest BCUT2D eigenvalue weighted by Crippen LogP contribution is -2.28. The second-order valence-electron chi connectivity index (χ2n) is 6.55. The minimum Gasteiger partial charge on any atom is -0.367 e. The Kier molecular flexibility index (Phi) is 6.23. The zero-order valence-electron chi connectivity index (χ0n) is 15.6. The standard InChI is InChI=1S/C22H21ClN2O2S/c1-2-3-13-25-14-12-17(21-6-4-5-7-22(21)25)15-20(16-24)28(26,27)19-10-8-18(23)9-11-19/h4-12,15H,2-3,13-14H2,1H3. The lowest BCUT2D eigenvalue weighted by Gasteiger charge is -2.30. The molecule has 144 valence electrons. The number of sulfone groups is 1. The van der Waals surface area contributed by atoms with E-state index in [0.717, 1.165) is 36.2 Å². The minimum absolute atomic E-state index is 0.0546. The van der Waals surface area contributed by atoms with E-state index in [1.807, 2.05) is 36.4 Å². The van der Waals surface area contributed by atoms with Crippen LogP contribution in [-0.2, 0) is 9.84 Å². The van der Waals surface area contributed by atoms with Crippen LogP contribution in [0.25, 0.3) is 5.57 Å². The predicted octanol–water partition coefficient (Wildman–Crippen LogP) is 5.22. The van der Waals surface area contributed by atoms with E-state index in [0.29, 0.717) is 11.6 Å². The van der Waals surface area contributed by atoms with Crippen molar-refractivity contribution in [2.24, 2.45) is 0 Å². The van der Waals surface area contributed by atoms with Crippen LogP contribution in [0.3, 0.4) is 0 Å². The first-order valence-electron chi connectivity index (χ1n) is 9.14. The summed E-state index contributed by atoms with van der Waals surface area (Å²) in [5, 5.41) is 10.0. The maximum absolute atomic E-state index is 12.9. The van der Waals surface area contributed by atoms with Crippen molar-refractivity contribution in [1.29, 1.82) is 5.26 Å². The molecule has 6 heteroatoms. The largest absolute Gasteiger partial charge is 0.367 e. The molecule has 0 amide bonds. The van der Waals surface area contributed by atoms with Crippen LogP contribution in [0, 0.1) is 11.3 Å². The van der Waals surface area contributed by atoms with Crippen LogP contribution in [-0.4, -0.2) is 21.5 Å². The highest BCUT2D eigenvalue weighted by molar-refractivity contribution is 7.95. The van der Waals surface area contributed by atoms with Crippen LogP contribution in [0.15, 0.2) is 70.5 Å². The number of halogens is 1. The molecule has 0 aromatic heterocycles. The molecule has 1 aliphatic heterocycles. The molecule has 3 rings (SSSR count). The van der Waals surface area contributed by atoms with Crippen LogP contribution < -0.4 is 4.90 Å². The molecule has 28 heavy (non-hydrogen) atoms. The van der Waals surface area contributed by atoms with E-state index in [9.17, 15) is 13.7 Å². The van der Waals surface area contributed by atoms with Crippen molar-refractivity contribution in [3.8, 4) is 6.07 Å². The summed E-state index contributed by atoms with van der Waals surface area (Å²) in [6.07, 6.45) is 5.64. The summed E-state index contributed by atoms with van der Waals surface area (Å²) in [5.41, 5.74) is 2.74. The fraction of sp³-hybridized carbons (Fsp3) is 0.227. The molecular formula is C22H21ClN2O2S. The fourth-order valence-corrected chi connectivity index (χ4v) is 4.44. The lowest BCUT2D eigenvalue weighted by molar-refractivity contribution is 0.603. The van der Waals surface area contributed by atoms with Crippen molar-refractivity contribution in [1.82, 2.24) is 0 Å². The number of allylic oxidation sites excluding steroid dienone is 3. The average molecular weight is 413 g/mol. The summed E-state index contributed by atoms with van der Waals surface area (Å²) in [6, 6.07) is 15.6. The van der Waals surface area contributed by atoms with Crippen LogP contribution in [0.5, 0.6) is 0 Å². The van der Waals surface area contributed by atoms with E-state index in [4.69, 9.17) is 11.6 Å². The van der Waals surface area contributed by atoms with E-state index in [2.05, 4.69) is 11.8 Å². The molecule has 1 heterocycles. The molecule has 0 bridgehead atoms. The van der Waals surface area contributed by atoms with Gasteiger partial charge < -0.3 is 4.90 Å². The topological polar surface area (TPSA) is 61.2 Å². The smallest absolute Gasteiger partial charge is 0.216 e. The number of hydrogen-bond acceptors (Lipinski definition) is 4. The first-order chi connectivity index (χ1) is 13.5. The van der Waals surface area contributed by atoms with Crippen molar-refractivity contribution in [3.05, 3.63) is 76.2 Å². The molecule has 1 aliphatic rings. The summed E-state index contributed by atoms with van der Waals surface area (Å²) in [6.45, 7) is 3.78. The maximum atomic E-state index is 12.9. The van der Waals surface area contributed by atoms with Gasteiger partial charge in [-0.3, -0.25) is 0 Å². The first kappa shape index (κ1) is 20.2. The number of rotatable bonds is 6. The lowest BCUT2D eigenvalue weighted by atomic mass is 9.98. The second-order valence-corrected chi connectivity index (χ2v) is 8.91. The molecule has 0 spiro atoms. The van der Waals surface area contributed by atoms with E-state index in [1.165, 1.54) is 30.3 Å². The van der Waals surface area contributed by atoms with Crippen LogP contribution in [0.1, 0.15) is 25.3 Å². The molecule has 0 aliphatic carbocycles. The Labute approximate surface area is 171 Å². The van der Waals surface area contributed by atoms with Gasteiger partial charge in [-0.15, -0.1) is 0 Å². The highest BCUT2D eigenvalue weighted by atomic mass is 35.5. The number of benzene rings is 2. The fourth-order valence-electron chi connectivity index (χ4n) is 3.16.